The Morgan fingerprint density at radius 3 is 2.38 bits per heavy atom. The lowest BCUT2D eigenvalue weighted by atomic mass is 10.7. The predicted molar refractivity (Wildman–Crippen MR) is 25.6 cm³/mol. The fraction of sp³-hybridized carbons (Fsp3) is 0.750. The van der Waals surface area contributed by atoms with E-state index in [0.29, 0.717) is 6.42 Å². The molecule has 0 aromatic rings. The largest absolute Gasteiger partial charge is 0.465 e. The van der Waals surface area contributed by atoms with E-state index in [0.717, 1.165) is 0 Å². The lowest BCUT2D eigenvalue weighted by Gasteiger charge is -1.92. The van der Waals surface area contributed by atoms with Crippen molar-refractivity contribution in [3.8, 4) is 0 Å². The van der Waals surface area contributed by atoms with Crippen LogP contribution < -0.4 is 5.32 Å². The van der Waals surface area contributed by atoms with Gasteiger partial charge in [-0.05, 0) is 6.42 Å². The molecule has 46 valence electrons. The molecule has 4 heteroatoms. The van der Waals surface area contributed by atoms with Crippen LogP contribution in [0.4, 0.5) is 4.79 Å². The molecule has 0 aliphatic heterocycles. The van der Waals surface area contributed by atoms with Crippen molar-refractivity contribution in [1.82, 2.24) is 5.32 Å². The van der Waals surface area contributed by atoms with Gasteiger partial charge in [-0.1, -0.05) is 0 Å². The molecule has 0 aromatic carbocycles. The molecule has 2 unspecified atom stereocenters. The normalized spacial score (nSPS) is 34.1. The van der Waals surface area contributed by atoms with Gasteiger partial charge in [0.15, 0.2) is 0 Å². The van der Waals surface area contributed by atoms with Gasteiger partial charge >= 0.3 is 6.09 Å². The molecule has 0 spiro atoms. The first-order valence-corrected chi connectivity index (χ1v) is 2.37. The summed E-state index contributed by atoms with van der Waals surface area (Å²) < 4.78 is 0. The molecule has 1 rings (SSSR count). The molecule has 1 aliphatic carbocycles. The number of amides is 1. The Hall–Kier alpha value is -0.770. The lowest BCUT2D eigenvalue weighted by molar-refractivity contribution is 0.189. The zero-order valence-corrected chi connectivity index (χ0v) is 4.16. The van der Waals surface area contributed by atoms with Crippen LogP contribution in [0.2, 0.25) is 0 Å². The highest BCUT2D eigenvalue weighted by molar-refractivity contribution is 5.65. The summed E-state index contributed by atoms with van der Waals surface area (Å²) in [5.74, 6) is 0. The highest BCUT2D eigenvalue weighted by Crippen LogP contribution is 2.19. The Kier molecular flexibility index (Phi) is 1.09. The second-order valence-electron chi connectivity index (χ2n) is 1.86. The summed E-state index contributed by atoms with van der Waals surface area (Å²) in [4.78, 5) is 9.77. The number of rotatable bonds is 1. The van der Waals surface area contributed by atoms with Gasteiger partial charge in [0.25, 0.3) is 0 Å². The van der Waals surface area contributed by atoms with Gasteiger partial charge in [0.1, 0.15) is 0 Å². The van der Waals surface area contributed by atoms with Crippen LogP contribution in [-0.4, -0.2) is 28.5 Å². The standard InChI is InChI=1S/C4H7NO3/c6-3-1-2(3)5-4(7)8/h2-3,5-6H,1H2,(H,7,8). The molecule has 0 saturated heterocycles. The number of hydrogen-bond acceptors (Lipinski definition) is 2. The molecule has 0 heterocycles. The molecule has 8 heavy (non-hydrogen) atoms. The first kappa shape index (κ1) is 5.37. The Bertz CT molecular complexity index is 114. The average molecular weight is 117 g/mol. The van der Waals surface area contributed by atoms with E-state index < -0.39 is 12.2 Å². The maximum Gasteiger partial charge on any atom is 0.404 e. The second kappa shape index (κ2) is 1.63. The number of carboxylic acid groups (broad SMARTS) is 1. The SMILES string of the molecule is O=C(O)NC1CC1O. The highest BCUT2D eigenvalue weighted by Gasteiger charge is 2.36. The Balaban J connectivity index is 2.14. The van der Waals surface area contributed by atoms with Crippen LogP contribution in [0.15, 0.2) is 0 Å². The van der Waals surface area contributed by atoms with Crippen molar-refractivity contribution in [2.45, 2.75) is 18.6 Å². The topological polar surface area (TPSA) is 69.6 Å². The van der Waals surface area contributed by atoms with Crippen molar-refractivity contribution < 1.29 is 15.0 Å². The number of aliphatic hydroxyl groups is 1. The van der Waals surface area contributed by atoms with Crippen molar-refractivity contribution in [2.75, 3.05) is 0 Å². The van der Waals surface area contributed by atoms with E-state index in [-0.39, 0.29) is 6.04 Å². The van der Waals surface area contributed by atoms with Gasteiger partial charge in [-0.25, -0.2) is 4.79 Å². The predicted octanol–water partition coefficient (Wildman–Crippen LogP) is -0.613. The summed E-state index contributed by atoms with van der Waals surface area (Å²) >= 11 is 0. The monoisotopic (exact) mass is 117 g/mol. The maximum atomic E-state index is 9.77. The van der Waals surface area contributed by atoms with Crippen molar-refractivity contribution in [3.63, 3.8) is 0 Å². The van der Waals surface area contributed by atoms with Crippen molar-refractivity contribution in [3.05, 3.63) is 0 Å². The molecule has 0 aromatic heterocycles. The van der Waals surface area contributed by atoms with Crippen molar-refractivity contribution in [1.29, 1.82) is 0 Å². The zero-order chi connectivity index (χ0) is 6.15. The average Bonchev–Trinajstić information content (AvgIpc) is 2.17. The lowest BCUT2D eigenvalue weighted by Crippen LogP contribution is -2.25. The molecule has 1 amide bonds. The first-order chi connectivity index (χ1) is 3.70. The van der Waals surface area contributed by atoms with Gasteiger partial charge in [-0.3, -0.25) is 0 Å². The summed E-state index contributed by atoms with van der Waals surface area (Å²) in [6, 6.07) is -0.201. The second-order valence-corrected chi connectivity index (χ2v) is 1.86. The molecule has 1 fully saturated rings. The van der Waals surface area contributed by atoms with Gasteiger partial charge in [-0.2, -0.15) is 0 Å². The van der Waals surface area contributed by atoms with Crippen LogP contribution in [0.25, 0.3) is 0 Å². The number of carbonyl (C=O) groups is 1. The number of hydrogen-bond donors (Lipinski definition) is 3. The molecule has 1 saturated carbocycles. The third kappa shape index (κ3) is 1.10. The van der Waals surface area contributed by atoms with E-state index in [4.69, 9.17) is 10.2 Å². The van der Waals surface area contributed by atoms with E-state index in [1.54, 1.807) is 0 Å². The van der Waals surface area contributed by atoms with E-state index in [1.165, 1.54) is 0 Å². The molecule has 4 nitrogen and oxygen atoms in total. The van der Waals surface area contributed by atoms with E-state index in [2.05, 4.69) is 5.32 Å². The van der Waals surface area contributed by atoms with Crippen LogP contribution >= 0.6 is 0 Å². The number of nitrogens with one attached hydrogen (secondary N) is 1. The minimum atomic E-state index is -1.06. The van der Waals surface area contributed by atoms with Crippen LogP contribution in [0.1, 0.15) is 6.42 Å². The minimum absolute atomic E-state index is 0.201. The zero-order valence-electron chi connectivity index (χ0n) is 4.16. The summed E-state index contributed by atoms with van der Waals surface area (Å²) in [7, 11) is 0. The summed E-state index contributed by atoms with van der Waals surface area (Å²) in [5, 5.41) is 18.7. The van der Waals surface area contributed by atoms with Gasteiger partial charge in [0, 0.05) is 0 Å². The molecular formula is C4H7NO3. The third-order valence-corrected chi connectivity index (χ3v) is 1.07. The van der Waals surface area contributed by atoms with E-state index >= 15 is 0 Å². The van der Waals surface area contributed by atoms with Gasteiger partial charge in [-0.15, -0.1) is 0 Å². The third-order valence-electron chi connectivity index (χ3n) is 1.07. The van der Waals surface area contributed by atoms with Crippen LogP contribution in [0.5, 0.6) is 0 Å². The molecular weight excluding hydrogens is 110 g/mol. The quantitative estimate of drug-likeness (QED) is 0.429. The van der Waals surface area contributed by atoms with Crippen molar-refractivity contribution in [2.24, 2.45) is 0 Å². The first-order valence-electron chi connectivity index (χ1n) is 2.37. The number of aliphatic hydroxyl groups excluding tert-OH is 1. The van der Waals surface area contributed by atoms with E-state index in [1.807, 2.05) is 0 Å². The molecule has 2 atom stereocenters. The Labute approximate surface area is 46.1 Å². The fourth-order valence-corrected chi connectivity index (χ4v) is 0.495. The summed E-state index contributed by atoms with van der Waals surface area (Å²) in [6.07, 6.45) is -0.940. The maximum absolute atomic E-state index is 9.77. The van der Waals surface area contributed by atoms with Gasteiger partial charge in [0.2, 0.25) is 0 Å². The van der Waals surface area contributed by atoms with Crippen LogP contribution in [0.3, 0.4) is 0 Å². The minimum Gasteiger partial charge on any atom is -0.465 e. The van der Waals surface area contributed by atoms with Crippen LogP contribution in [-0.2, 0) is 0 Å². The fourth-order valence-electron chi connectivity index (χ4n) is 0.495. The summed E-state index contributed by atoms with van der Waals surface area (Å²) in [6.45, 7) is 0. The van der Waals surface area contributed by atoms with Gasteiger partial charge in [0.05, 0.1) is 12.1 Å². The molecule has 3 N–H and O–H groups in total. The molecule has 0 radical (unpaired) electrons. The Morgan fingerprint density at radius 1 is 1.75 bits per heavy atom. The van der Waals surface area contributed by atoms with Crippen LogP contribution in [0, 0.1) is 0 Å². The molecule has 1 aliphatic rings. The van der Waals surface area contributed by atoms with E-state index in [9.17, 15) is 4.79 Å². The van der Waals surface area contributed by atoms with Crippen molar-refractivity contribution >= 4 is 6.09 Å². The Morgan fingerprint density at radius 2 is 2.25 bits per heavy atom. The smallest absolute Gasteiger partial charge is 0.404 e. The van der Waals surface area contributed by atoms with Gasteiger partial charge < -0.3 is 15.5 Å². The summed E-state index contributed by atoms with van der Waals surface area (Å²) in [5.41, 5.74) is 0. The highest BCUT2D eigenvalue weighted by atomic mass is 16.4. The molecule has 0 bridgehead atoms.